The smallest absolute Gasteiger partial charge is 0.374 e. The first-order chi connectivity index (χ1) is 13.3. The van der Waals surface area contributed by atoms with E-state index < -0.39 is 18.2 Å². The summed E-state index contributed by atoms with van der Waals surface area (Å²) in [5.74, 6) is 0.462. The van der Waals surface area contributed by atoms with E-state index in [1.165, 1.54) is 41.7 Å². The van der Waals surface area contributed by atoms with E-state index in [0.717, 1.165) is 0 Å². The highest BCUT2D eigenvalue weighted by Crippen LogP contribution is 2.49. The van der Waals surface area contributed by atoms with Gasteiger partial charge in [-0.05, 0) is 30.3 Å². The third kappa shape index (κ3) is 3.20. The number of hydrogen-bond donors (Lipinski definition) is 0. The summed E-state index contributed by atoms with van der Waals surface area (Å²) in [5.41, 5.74) is -2.40. The number of pyridine rings is 1. The Kier molecular flexibility index (Phi) is 4.51. The van der Waals surface area contributed by atoms with Crippen molar-refractivity contribution in [1.29, 1.82) is 0 Å². The Hall–Kier alpha value is -2.65. The van der Waals surface area contributed by atoms with Gasteiger partial charge in [0.25, 0.3) is 5.60 Å². The van der Waals surface area contributed by atoms with Gasteiger partial charge in [0.05, 0.1) is 12.1 Å². The van der Waals surface area contributed by atoms with Crippen molar-refractivity contribution in [1.82, 2.24) is 19.7 Å². The van der Waals surface area contributed by atoms with Crippen LogP contribution in [0.1, 0.15) is 17.5 Å². The normalized spacial score (nSPS) is 19.4. The Balaban J connectivity index is 1.67. The van der Waals surface area contributed by atoms with Crippen molar-refractivity contribution in [2.45, 2.75) is 18.2 Å². The molecule has 1 atom stereocenters. The summed E-state index contributed by atoms with van der Waals surface area (Å²) in [6.45, 7) is 0. The summed E-state index contributed by atoms with van der Waals surface area (Å²) in [5, 5.41) is 7.77. The average molecular weight is 428 g/mol. The largest absolute Gasteiger partial charge is 0.435 e. The number of hydrogen-bond acceptors (Lipinski definition) is 5. The molecule has 144 valence electrons. The Labute approximate surface area is 166 Å². The van der Waals surface area contributed by atoms with Gasteiger partial charge in [-0.15, -0.1) is 0 Å². The zero-order valence-electron chi connectivity index (χ0n) is 13.9. The van der Waals surface area contributed by atoms with Gasteiger partial charge in [-0.2, -0.15) is 18.3 Å². The van der Waals surface area contributed by atoms with E-state index in [0.29, 0.717) is 11.4 Å². The van der Waals surface area contributed by atoms with Crippen molar-refractivity contribution >= 4 is 28.9 Å². The van der Waals surface area contributed by atoms with Crippen LogP contribution in [-0.2, 0) is 10.4 Å². The second-order valence-corrected chi connectivity index (χ2v) is 6.91. The van der Waals surface area contributed by atoms with Gasteiger partial charge < -0.3 is 4.84 Å². The molecule has 0 saturated heterocycles. The van der Waals surface area contributed by atoms with Crippen LogP contribution in [0.5, 0.6) is 0 Å². The number of oxime groups is 1. The first-order valence-electron chi connectivity index (χ1n) is 7.88. The molecule has 0 spiro atoms. The monoisotopic (exact) mass is 427 g/mol. The fourth-order valence-corrected chi connectivity index (χ4v) is 3.39. The Morgan fingerprint density at radius 2 is 1.86 bits per heavy atom. The molecule has 11 heteroatoms. The summed E-state index contributed by atoms with van der Waals surface area (Å²) in [6.07, 6.45) is -1.09. The standard InChI is InChI=1S/C17H10Cl2F3N5O/c18-12-3-11(4-13(19)5-12)16(17(20,21)22)6-14(26-28-16)10-1-2-15(24-7-10)27-9-23-8-25-27/h1-5,7-9H,6H2. The van der Waals surface area contributed by atoms with Crippen LogP contribution in [-0.4, -0.2) is 31.6 Å². The molecule has 0 fully saturated rings. The van der Waals surface area contributed by atoms with Crippen LogP contribution in [0.3, 0.4) is 0 Å². The molecular formula is C17H10Cl2F3N5O. The van der Waals surface area contributed by atoms with E-state index in [2.05, 4.69) is 20.2 Å². The molecule has 2 aromatic heterocycles. The average Bonchev–Trinajstić information content (AvgIpc) is 3.31. The van der Waals surface area contributed by atoms with Gasteiger partial charge in [0.2, 0.25) is 0 Å². The van der Waals surface area contributed by atoms with Crippen LogP contribution in [0, 0.1) is 0 Å². The number of nitrogens with zero attached hydrogens (tertiary/aromatic N) is 5. The summed E-state index contributed by atoms with van der Waals surface area (Å²) in [7, 11) is 0. The summed E-state index contributed by atoms with van der Waals surface area (Å²) >= 11 is 11.8. The minimum atomic E-state index is -4.75. The first-order valence-corrected chi connectivity index (χ1v) is 8.64. The zero-order chi connectivity index (χ0) is 19.9. The molecule has 3 heterocycles. The molecule has 1 aliphatic heterocycles. The maximum absolute atomic E-state index is 14.0. The zero-order valence-corrected chi connectivity index (χ0v) is 15.4. The summed E-state index contributed by atoms with van der Waals surface area (Å²) < 4.78 is 43.4. The van der Waals surface area contributed by atoms with Gasteiger partial charge in [0.15, 0.2) is 5.82 Å². The number of benzene rings is 1. The highest BCUT2D eigenvalue weighted by molar-refractivity contribution is 6.34. The van der Waals surface area contributed by atoms with E-state index >= 15 is 0 Å². The van der Waals surface area contributed by atoms with Crippen molar-refractivity contribution in [3.63, 3.8) is 0 Å². The van der Waals surface area contributed by atoms with E-state index in [4.69, 9.17) is 28.0 Å². The molecule has 3 aromatic rings. The topological polar surface area (TPSA) is 65.2 Å². The van der Waals surface area contributed by atoms with Gasteiger partial charge in [-0.3, -0.25) is 0 Å². The Morgan fingerprint density at radius 1 is 1.11 bits per heavy atom. The van der Waals surface area contributed by atoms with E-state index in [1.807, 2.05) is 0 Å². The van der Waals surface area contributed by atoms with Crippen molar-refractivity contribution in [3.8, 4) is 5.82 Å². The lowest BCUT2D eigenvalue weighted by molar-refractivity contribution is -0.275. The van der Waals surface area contributed by atoms with Crippen molar-refractivity contribution in [2.24, 2.45) is 5.16 Å². The molecule has 1 aliphatic rings. The van der Waals surface area contributed by atoms with E-state index in [-0.39, 0.29) is 21.3 Å². The Morgan fingerprint density at radius 3 is 2.43 bits per heavy atom. The van der Waals surface area contributed by atoms with Crippen molar-refractivity contribution < 1.29 is 18.0 Å². The summed E-state index contributed by atoms with van der Waals surface area (Å²) in [6, 6.07) is 6.87. The van der Waals surface area contributed by atoms with Gasteiger partial charge in [-0.25, -0.2) is 14.6 Å². The molecule has 0 amide bonds. The highest BCUT2D eigenvalue weighted by Gasteiger charge is 2.62. The maximum atomic E-state index is 14.0. The molecule has 4 rings (SSSR count). The second-order valence-electron chi connectivity index (χ2n) is 6.03. The minimum absolute atomic E-state index is 0.0713. The van der Waals surface area contributed by atoms with Crippen molar-refractivity contribution in [3.05, 3.63) is 70.4 Å². The Bertz CT molecular complexity index is 1020. The quantitative estimate of drug-likeness (QED) is 0.614. The predicted molar refractivity (Wildman–Crippen MR) is 95.6 cm³/mol. The molecule has 0 bridgehead atoms. The van der Waals surface area contributed by atoms with Gasteiger partial charge in [-0.1, -0.05) is 28.4 Å². The molecule has 0 N–H and O–H groups in total. The lowest BCUT2D eigenvalue weighted by atomic mass is 9.87. The molecule has 0 saturated carbocycles. The van der Waals surface area contributed by atoms with Crippen LogP contribution >= 0.6 is 23.2 Å². The number of alkyl halides is 3. The SMILES string of the molecule is FC(F)(F)C1(c2cc(Cl)cc(Cl)c2)CC(c2ccc(-n3cncn3)nc2)=NO1. The molecular weight excluding hydrogens is 418 g/mol. The van der Waals surface area contributed by atoms with Crippen molar-refractivity contribution in [2.75, 3.05) is 0 Å². The van der Waals surface area contributed by atoms with Crippen LogP contribution in [0.15, 0.2) is 54.3 Å². The third-order valence-corrected chi connectivity index (χ3v) is 4.69. The highest BCUT2D eigenvalue weighted by atomic mass is 35.5. The van der Waals surface area contributed by atoms with Gasteiger partial charge in [0, 0.05) is 27.4 Å². The number of halogens is 5. The fourth-order valence-electron chi connectivity index (χ4n) is 2.86. The van der Waals surface area contributed by atoms with E-state index in [9.17, 15) is 13.2 Å². The van der Waals surface area contributed by atoms with Crippen LogP contribution in [0.4, 0.5) is 13.2 Å². The van der Waals surface area contributed by atoms with Gasteiger partial charge >= 0.3 is 6.18 Å². The fraction of sp³-hybridized carbons (Fsp3) is 0.176. The predicted octanol–water partition coefficient (Wildman–Crippen LogP) is 4.55. The lowest BCUT2D eigenvalue weighted by Crippen LogP contribution is -2.42. The first kappa shape index (κ1) is 18.7. The number of rotatable bonds is 3. The lowest BCUT2D eigenvalue weighted by Gasteiger charge is -2.29. The third-order valence-electron chi connectivity index (χ3n) is 4.25. The van der Waals surface area contributed by atoms with E-state index in [1.54, 1.807) is 12.1 Å². The van der Waals surface area contributed by atoms with Crippen LogP contribution < -0.4 is 0 Å². The number of aromatic nitrogens is 4. The van der Waals surface area contributed by atoms with Crippen LogP contribution in [0.2, 0.25) is 10.0 Å². The van der Waals surface area contributed by atoms with Crippen LogP contribution in [0.25, 0.3) is 5.82 Å². The maximum Gasteiger partial charge on any atom is 0.435 e. The molecule has 1 unspecified atom stereocenters. The molecule has 28 heavy (non-hydrogen) atoms. The minimum Gasteiger partial charge on any atom is -0.374 e. The second kappa shape index (κ2) is 6.75. The molecule has 1 aromatic carbocycles. The molecule has 0 aliphatic carbocycles. The van der Waals surface area contributed by atoms with Gasteiger partial charge in [0.1, 0.15) is 12.7 Å². The molecule has 6 nitrogen and oxygen atoms in total. The molecule has 0 radical (unpaired) electrons. The summed E-state index contributed by atoms with van der Waals surface area (Å²) in [4.78, 5) is 13.0.